The Kier molecular flexibility index (Phi) is 5.93. The Bertz CT molecular complexity index is 671. The monoisotopic (exact) mass is 344 g/mol. The second-order valence-corrected chi connectivity index (χ2v) is 7.29. The van der Waals surface area contributed by atoms with Gasteiger partial charge in [0.25, 0.3) is 0 Å². The third-order valence-corrected chi connectivity index (χ3v) is 5.62. The molecule has 0 fully saturated rings. The summed E-state index contributed by atoms with van der Waals surface area (Å²) in [5.74, 6) is 0.228. The second-order valence-electron chi connectivity index (χ2n) is 6.20. The van der Waals surface area contributed by atoms with Crippen molar-refractivity contribution < 1.29 is 4.79 Å². The number of amides is 1. The topological polar surface area (TPSA) is 80.9 Å². The third kappa shape index (κ3) is 4.19. The number of thiazole rings is 1. The molecule has 0 aromatic carbocycles. The number of aryl methyl sites for hydroxylation is 1. The van der Waals surface area contributed by atoms with Crippen LogP contribution < -0.4 is 11.1 Å². The van der Waals surface area contributed by atoms with Crippen LogP contribution in [0.25, 0.3) is 10.6 Å². The normalized spacial score (nSPS) is 16.6. The number of carbonyl (C=O) groups is 1. The second kappa shape index (κ2) is 8.35. The van der Waals surface area contributed by atoms with E-state index in [1.54, 1.807) is 23.7 Å². The Morgan fingerprint density at radius 3 is 2.92 bits per heavy atom. The van der Waals surface area contributed by atoms with Crippen LogP contribution in [-0.2, 0) is 17.6 Å². The molecule has 1 unspecified atom stereocenters. The lowest BCUT2D eigenvalue weighted by atomic mass is 9.90. The van der Waals surface area contributed by atoms with Crippen molar-refractivity contribution >= 4 is 17.2 Å². The first-order chi connectivity index (χ1) is 11.8. The first-order valence-electron chi connectivity index (χ1n) is 8.64. The molecular formula is C18H24N4OS. The number of hydrogen-bond donors (Lipinski definition) is 2. The molecule has 1 aliphatic rings. The van der Waals surface area contributed by atoms with Gasteiger partial charge >= 0.3 is 0 Å². The van der Waals surface area contributed by atoms with Gasteiger partial charge in [-0.3, -0.25) is 9.78 Å². The fourth-order valence-corrected chi connectivity index (χ4v) is 4.13. The van der Waals surface area contributed by atoms with Gasteiger partial charge in [0.15, 0.2) is 0 Å². The Balaban J connectivity index is 1.56. The SMILES string of the molecule is NCCCCCNC(=O)C1CCc2sc(-c3ccncc3)nc2C1. The maximum absolute atomic E-state index is 12.3. The lowest BCUT2D eigenvalue weighted by Crippen LogP contribution is -2.34. The van der Waals surface area contributed by atoms with Crippen LogP contribution in [0, 0.1) is 5.92 Å². The highest BCUT2D eigenvalue weighted by Gasteiger charge is 2.27. The first kappa shape index (κ1) is 17.0. The number of nitrogens with zero attached hydrogens (tertiary/aromatic N) is 2. The molecule has 0 spiro atoms. The van der Waals surface area contributed by atoms with Crippen molar-refractivity contribution in [1.29, 1.82) is 0 Å². The maximum atomic E-state index is 12.3. The highest BCUT2D eigenvalue weighted by Crippen LogP contribution is 2.34. The summed E-state index contributed by atoms with van der Waals surface area (Å²) >= 11 is 1.75. The number of nitrogens with one attached hydrogen (secondary N) is 1. The van der Waals surface area contributed by atoms with Crippen molar-refractivity contribution in [3.8, 4) is 10.6 Å². The van der Waals surface area contributed by atoms with Crippen LogP contribution in [-0.4, -0.2) is 29.0 Å². The number of rotatable bonds is 7. The van der Waals surface area contributed by atoms with Crippen LogP contribution in [0.4, 0.5) is 0 Å². The molecule has 128 valence electrons. The summed E-state index contributed by atoms with van der Waals surface area (Å²) in [6, 6.07) is 3.96. The molecule has 1 amide bonds. The molecule has 0 radical (unpaired) electrons. The molecule has 2 heterocycles. The van der Waals surface area contributed by atoms with E-state index in [4.69, 9.17) is 10.7 Å². The van der Waals surface area contributed by atoms with Gasteiger partial charge in [0.1, 0.15) is 5.01 Å². The van der Waals surface area contributed by atoms with E-state index in [9.17, 15) is 4.79 Å². The van der Waals surface area contributed by atoms with E-state index >= 15 is 0 Å². The minimum atomic E-state index is 0.0550. The summed E-state index contributed by atoms with van der Waals surface area (Å²) in [5.41, 5.74) is 7.68. The number of aromatic nitrogens is 2. The minimum absolute atomic E-state index is 0.0550. The highest BCUT2D eigenvalue weighted by atomic mass is 32.1. The van der Waals surface area contributed by atoms with Crippen LogP contribution in [0.1, 0.15) is 36.3 Å². The van der Waals surface area contributed by atoms with Crippen molar-refractivity contribution in [2.24, 2.45) is 11.7 Å². The molecule has 0 bridgehead atoms. The lowest BCUT2D eigenvalue weighted by molar-refractivity contribution is -0.125. The molecule has 5 nitrogen and oxygen atoms in total. The van der Waals surface area contributed by atoms with Gasteiger partial charge in [-0.25, -0.2) is 4.98 Å². The van der Waals surface area contributed by atoms with E-state index < -0.39 is 0 Å². The molecule has 0 saturated carbocycles. The number of hydrogen-bond acceptors (Lipinski definition) is 5. The van der Waals surface area contributed by atoms with Gasteiger partial charge in [-0.15, -0.1) is 11.3 Å². The number of unbranched alkanes of at least 4 members (excludes halogenated alkanes) is 2. The maximum Gasteiger partial charge on any atom is 0.223 e. The molecule has 1 aliphatic carbocycles. The molecule has 3 N–H and O–H groups in total. The van der Waals surface area contributed by atoms with Gasteiger partial charge in [-0.05, 0) is 44.4 Å². The number of nitrogens with two attached hydrogens (primary N) is 1. The molecular weight excluding hydrogens is 320 g/mol. The zero-order valence-corrected chi connectivity index (χ0v) is 14.6. The lowest BCUT2D eigenvalue weighted by Gasteiger charge is -2.20. The number of pyridine rings is 1. The van der Waals surface area contributed by atoms with Crippen molar-refractivity contribution in [3.63, 3.8) is 0 Å². The predicted octanol–water partition coefficient (Wildman–Crippen LogP) is 2.56. The summed E-state index contributed by atoms with van der Waals surface area (Å²) in [4.78, 5) is 22.5. The third-order valence-electron chi connectivity index (χ3n) is 4.42. The van der Waals surface area contributed by atoms with E-state index in [2.05, 4.69) is 10.3 Å². The Labute approximate surface area is 146 Å². The largest absolute Gasteiger partial charge is 0.356 e. The summed E-state index contributed by atoms with van der Waals surface area (Å²) in [6.07, 6.45) is 9.30. The van der Waals surface area contributed by atoms with Gasteiger partial charge in [0.05, 0.1) is 5.69 Å². The van der Waals surface area contributed by atoms with Gasteiger partial charge in [-0.2, -0.15) is 0 Å². The van der Waals surface area contributed by atoms with Crippen molar-refractivity contribution in [2.45, 2.75) is 38.5 Å². The quantitative estimate of drug-likeness (QED) is 0.757. The summed E-state index contributed by atoms with van der Waals surface area (Å²) in [6.45, 7) is 1.48. The van der Waals surface area contributed by atoms with E-state index in [-0.39, 0.29) is 11.8 Å². The van der Waals surface area contributed by atoms with Gasteiger partial charge in [-0.1, -0.05) is 6.42 Å². The van der Waals surface area contributed by atoms with Crippen LogP contribution in [0.2, 0.25) is 0 Å². The van der Waals surface area contributed by atoms with E-state index in [1.807, 2.05) is 12.1 Å². The summed E-state index contributed by atoms with van der Waals surface area (Å²) in [5, 5.41) is 4.10. The van der Waals surface area contributed by atoms with Crippen LogP contribution in [0.5, 0.6) is 0 Å². The summed E-state index contributed by atoms with van der Waals surface area (Å²) in [7, 11) is 0. The number of carbonyl (C=O) groups excluding carboxylic acids is 1. The summed E-state index contributed by atoms with van der Waals surface area (Å²) < 4.78 is 0. The smallest absolute Gasteiger partial charge is 0.223 e. The van der Waals surface area contributed by atoms with Gasteiger partial charge < -0.3 is 11.1 Å². The minimum Gasteiger partial charge on any atom is -0.356 e. The van der Waals surface area contributed by atoms with Gasteiger partial charge in [0.2, 0.25) is 5.91 Å². The highest BCUT2D eigenvalue weighted by molar-refractivity contribution is 7.15. The average molecular weight is 344 g/mol. The molecule has 2 aromatic rings. The average Bonchev–Trinajstić information content (AvgIpc) is 3.05. The molecule has 2 aromatic heterocycles. The molecule has 6 heteroatoms. The van der Waals surface area contributed by atoms with Crippen molar-refractivity contribution in [3.05, 3.63) is 35.1 Å². The molecule has 1 atom stereocenters. The fraction of sp³-hybridized carbons (Fsp3) is 0.500. The predicted molar refractivity (Wildman–Crippen MR) is 96.8 cm³/mol. The molecule has 3 rings (SSSR count). The van der Waals surface area contributed by atoms with Crippen LogP contribution in [0.15, 0.2) is 24.5 Å². The zero-order valence-electron chi connectivity index (χ0n) is 13.8. The number of fused-ring (bicyclic) bond motifs is 1. The van der Waals surface area contributed by atoms with E-state index in [0.29, 0.717) is 0 Å². The Morgan fingerprint density at radius 1 is 1.29 bits per heavy atom. The van der Waals surface area contributed by atoms with Crippen molar-refractivity contribution in [1.82, 2.24) is 15.3 Å². The van der Waals surface area contributed by atoms with Crippen LogP contribution >= 0.6 is 11.3 Å². The van der Waals surface area contributed by atoms with Gasteiger partial charge in [0, 0.05) is 41.7 Å². The van der Waals surface area contributed by atoms with Crippen LogP contribution in [0.3, 0.4) is 0 Å². The standard InChI is InChI=1S/C18H24N4OS/c19-8-2-1-3-9-21-17(23)14-4-5-16-15(12-14)22-18(24-16)13-6-10-20-11-7-13/h6-7,10-11,14H,1-5,8-9,12,19H2,(H,21,23). The molecule has 24 heavy (non-hydrogen) atoms. The Morgan fingerprint density at radius 2 is 2.12 bits per heavy atom. The fourth-order valence-electron chi connectivity index (χ4n) is 3.02. The Hall–Kier alpha value is -1.79. The van der Waals surface area contributed by atoms with E-state index in [1.165, 1.54) is 4.88 Å². The molecule has 0 aliphatic heterocycles. The molecule has 0 saturated heterocycles. The van der Waals surface area contributed by atoms with E-state index in [0.717, 1.165) is 67.9 Å². The zero-order chi connectivity index (χ0) is 16.8. The first-order valence-corrected chi connectivity index (χ1v) is 9.46. The van der Waals surface area contributed by atoms with Crippen molar-refractivity contribution in [2.75, 3.05) is 13.1 Å².